The van der Waals surface area contributed by atoms with Crippen LogP contribution in [0.3, 0.4) is 0 Å². The highest BCUT2D eigenvalue weighted by molar-refractivity contribution is 7.92. The van der Waals surface area contributed by atoms with E-state index < -0.39 is 45.8 Å². The molecule has 0 saturated heterocycles. The van der Waals surface area contributed by atoms with E-state index in [0.717, 1.165) is 9.87 Å². The summed E-state index contributed by atoms with van der Waals surface area (Å²) in [4.78, 5) is 29.4. The maximum absolute atomic E-state index is 15.0. The van der Waals surface area contributed by atoms with Gasteiger partial charge in [-0.15, -0.1) is 0 Å². The van der Waals surface area contributed by atoms with E-state index in [-0.39, 0.29) is 29.1 Å². The molecule has 4 aromatic carbocycles. The molecule has 0 aromatic heterocycles. The maximum atomic E-state index is 15.0. The zero-order chi connectivity index (χ0) is 31.9. The molecule has 44 heavy (non-hydrogen) atoms. The van der Waals surface area contributed by atoms with E-state index in [1.165, 1.54) is 47.4 Å². The fraction of sp³-hybridized carbons (Fsp3) is 0.235. The number of hydrogen-bond donors (Lipinski definition) is 1. The summed E-state index contributed by atoms with van der Waals surface area (Å²) in [5.74, 6) is -1.67. The second kappa shape index (κ2) is 14.1. The van der Waals surface area contributed by atoms with Crippen LogP contribution in [0.4, 0.5) is 10.1 Å². The van der Waals surface area contributed by atoms with Crippen molar-refractivity contribution in [3.05, 3.63) is 131 Å². The molecule has 7 nitrogen and oxygen atoms in total. The molecular weight excluding hydrogens is 601 g/mol. The number of sulfonamides is 1. The zero-order valence-corrected chi connectivity index (χ0v) is 26.4. The van der Waals surface area contributed by atoms with Crippen LogP contribution in [-0.2, 0) is 32.6 Å². The van der Waals surface area contributed by atoms with E-state index in [1.807, 2.05) is 51.1 Å². The van der Waals surface area contributed by atoms with E-state index >= 15 is 0 Å². The summed E-state index contributed by atoms with van der Waals surface area (Å²) in [6.07, 6.45) is 0.123. The Balaban J connectivity index is 1.81. The highest BCUT2D eigenvalue weighted by atomic mass is 35.5. The number of carbonyl (C=O) groups excluding carboxylic acids is 2. The van der Waals surface area contributed by atoms with Gasteiger partial charge in [0.2, 0.25) is 11.8 Å². The van der Waals surface area contributed by atoms with Crippen LogP contribution in [0.15, 0.2) is 114 Å². The number of anilines is 1. The zero-order valence-electron chi connectivity index (χ0n) is 24.8. The molecule has 0 saturated carbocycles. The molecule has 0 fully saturated rings. The monoisotopic (exact) mass is 635 g/mol. The van der Waals surface area contributed by atoms with Gasteiger partial charge in [-0.25, -0.2) is 12.8 Å². The van der Waals surface area contributed by atoms with Gasteiger partial charge in [-0.05, 0) is 68.8 Å². The Hall–Kier alpha value is -4.21. The lowest BCUT2D eigenvalue weighted by atomic mass is 10.0. The van der Waals surface area contributed by atoms with Crippen molar-refractivity contribution in [1.29, 1.82) is 0 Å². The number of nitrogens with zero attached hydrogens (tertiary/aromatic N) is 2. The topological polar surface area (TPSA) is 86.8 Å². The molecule has 230 valence electrons. The normalized spacial score (nSPS) is 12.3. The van der Waals surface area contributed by atoms with Crippen LogP contribution in [-0.4, -0.2) is 43.3 Å². The number of amides is 2. The summed E-state index contributed by atoms with van der Waals surface area (Å²) in [5, 5.41) is 3.31. The van der Waals surface area contributed by atoms with Crippen LogP contribution in [0, 0.1) is 5.82 Å². The SMILES string of the molecule is CC(C)(C)NC(=O)[C@@H](Cc1ccccc1)N(Cc1ccccc1F)C(=O)CN(c1ccccc1)S(=O)(=O)c1ccc(Cl)cc1. The Kier molecular flexibility index (Phi) is 10.4. The van der Waals surface area contributed by atoms with Crippen LogP contribution in [0.5, 0.6) is 0 Å². The molecule has 0 unspecified atom stereocenters. The Bertz CT molecular complexity index is 1680. The lowest BCUT2D eigenvalue weighted by molar-refractivity contribution is -0.140. The predicted octanol–water partition coefficient (Wildman–Crippen LogP) is 6.23. The molecule has 0 aliphatic carbocycles. The van der Waals surface area contributed by atoms with Crippen LogP contribution in [0.1, 0.15) is 31.9 Å². The Morgan fingerprint density at radius 3 is 2.00 bits per heavy atom. The van der Waals surface area contributed by atoms with Gasteiger partial charge in [-0.1, -0.05) is 78.3 Å². The summed E-state index contributed by atoms with van der Waals surface area (Å²) in [5.41, 5.74) is 0.587. The molecule has 1 atom stereocenters. The number of benzene rings is 4. The lowest BCUT2D eigenvalue weighted by Crippen LogP contribution is -2.56. The molecular formula is C34H35ClFN3O4S. The van der Waals surface area contributed by atoms with Crippen molar-refractivity contribution < 1.29 is 22.4 Å². The van der Waals surface area contributed by atoms with Crippen LogP contribution in [0.25, 0.3) is 0 Å². The summed E-state index contributed by atoms with van der Waals surface area (Å²) < 4.78 is 43.9. The summed E-state index contributed by atoms with van der Waals surface area (Å²) in [6.45, 7) is 4.57. The van der Waals surface area contributed by atoms with Crippen LogP contribution >= 0.6 is 11.6 Å². The van der Waals surface area contributed by atoms with E-state index in [9.17, 15) is 22.4 Å². The van der Waals surface area contributed by atoms with Crippen molar-refractivity contribution in [3.8, 4) is 0 Å². The van der Waals surface area contributed by atoms with Gasteiger partial charge >= 0.3 is 0 Å². The third-order valence-corrected chi connectivity index (χ3v) is 8.83. The number of rotatable bonds is 11. The number of nitrogens with one attached hydrogen (secondary N) is 1. The third-order valence-electron chi connectivity index (χ3n) is 6.79. The first kappa shape index (κ1) is 32.7. The van der Waals surface area contributed by atoms with Gasteiger partial charge in [0, 0.05) is 29.1 Å². The van der Waals surface area contributed by atoms with Crippen molar-refractivity contribution in [2.24, 2.45) is 0 Å². The minimum absolute atomic E-state index is 0.0643. The molecule has 0 heterocycles. The van der Waals surface area contributed by atoms with Crippen molar-refractivity contribution in [2.75, 3.05) is 10.8 Å². The van der Waals surface area contributed by atoms with E-state index in [0.29, 0.717) is 5.02 Å². The minimum Gasteiger partial charge on any atom is -0.350 e. The molecule has 1 N–H and O–H groups in total. The van der Waals surface area contributed by atoms with E-state index in [4.69, 9.17) is 11.6 Å². The largest absolute Gasteiger partial charge is 0.350 e. The smallest absolute Gasteiger partial charge is 0.264 e. The molecule has 0 aliphatic rings. The van der Waals surface area contributed by atoms with Crippen LogP contribution in [0.2, 0.25) is 5.02 Å². The van der Waals surface area contributed by atoms with Crippen molar-refractivity contribution in [1.82, 2.24) is 10.2 Å². The second-order valence-electron chi connectivity index (χ2n) is 11.4. The highest BCUT2D eigenvalue weighted by Crippen LogP contribution is 2.26. The van der Waals surface area contributed by atoms with Gasteiger partial charge in [0.05, 0.1) is 10.6 Å². The van der Waals surface area contributed by atoms with E-state index in [1.54, 1.807) is 36.4 Å². The molecule has 4 rings (SSSR count). The molecule has 0 aliphatic heterocycles. The molecule has 0 spiro atoms. The summed E-state index contributed by atoms with van der Waals surface area (Å²) in [7, 11) is -4.26. The molecule has 4 aromatic rings. The van der Waals surface area contributed by atoms with E-state index in [2.05, 4.69) is 5.32 Å². The molecule has 2 amide bonds. The van der Waals surface area contributed by atoms with Crippen molar-refractivity contribution in [2.45, 2.75) is 50.2 Å². The Labute approximate surface area is 263 Å². The summed E-state index contributed by atoms with van der Waals surface area (Å²) >= 11 is 6.01. The van der Waals surface area contributed by atoms with Gasteiger partial charge in [0.25, 0.3) is 10.0 Å². The standard InChI is InChI=1S/C34H35ClFN3O4S/c1-34(2,3)37-33(41)31(22-25-12-6-4-7-13-25)38(23-26-14-10-11-17-30(26)36)32(40)24-39(28-15-8-5-9-16-28)44(42,43)29-20-18-27(35)19-21-29/h4-21,31H,22-24H2,1-3H3,(H,37,41)/t31-/m1/s1. The van der Waals surface area contributed by atoms with Crippen LogP contribution < -0.4 is 9.62 Å². The fourth-order valence-electron chi connectivity index (χ4n) is 4.67. The first-order valence-corrected chi connectivity index (χ1v) is 15.9. The first-order valence-electron chi connectivity index (χ1n) is 14.1. The van der Waals surface area contributed by atoms with Crippen molar-refractivity contribution >= 4 is 39.1 Å². The second-order valence-corrected chi connectivity index (χ2v) is 13.7. The predicted molar refractivity (Wildman–Crippen MR) is 171 cm³/mol. The average molecular weight is 636 g/mol. The third kappa shape index (κ3) is 8.45. The molecule has 0 radical (unpaired) electrons. The van der Waals surface area contributed by atoms with Gasteiger partial charge in [0.15, 0.2) is 0 Å². The molecule has 10 heteroatoms. The van der Waals surface area contributed by atoms with Gasteiger partial charge < -0.3 is 10.2 Å². The highest BCUT2D eigenvalue weighted by Gasteiger charge is 2.36. The Morgan fingerprint density at radius 2 is 1.41 bits per heavy atom. The maximum Gasteiger partial charge on any atom is 0.264 e. The van der Waals surface area contributed by atoms with Gasteiger partial charge in [-0.3, -0.25) is 13.9 Å². The summed E-state index contributed by atoms with van der Waals surface area (Å²) in [6, 6.07) is 27.9. The van der Waals surface area contributed by atoms with Gasteiger partial charge in [-0.2, -0.15) is 0 Å². The first-order chi connectivity index (χ1) is 20.8. The number of hydrogen-bond acceptors (Lipinski definition) is 4. The quantitative estimate of drug-likeness (QED) is 0.212. The fourth-order valence-corrected chi connectivity index (χ4v) is 6.21. The number of carbonyl (C=O) groups is 2. The van der Waals surface area contributed by atoms with Gasteiger partial charge in [0.1, 0.15) is 18.4 Å². The Morgan fingerprint density at radius 1 is 0.841 bits per heavy atom. The molecule has 0 bridgehead atoms. The number of para-hydroxylation sites is 1. The van der Waals surface area contributed by atoms with Crippen molar-refractivity contribution in [3.63, 3.8) is 0 Å². The average Bonchev–Trinajstić information content (AvgIpc) is 2.98. The lowest BCUT2D eigenvalue weighted by Gasteiger charge is -2.35. The minimum atomic E-state index is -4.26. The number of halogens is 2.